The lowest BCUT2D eigenvalue weighted by Gasteiger charge is -2.09. The summed E-state index contributed by atoms with van der Waals surface area (Å²) < 4.78 is 10.2. The molecule has 9 nitrogen and oxygen atoms in total. The number of carbonyl (C=O) groups is 2. The Morgan fingerprint density at radius 3 is 2.46 bits per heavy atom. The minimum atomic E-state index is -0.635. The van der Waals surface area contributed by atoms with Gasteiger partial charge in [-0.3, -0.25) is 4.79 Å². The van der Waals surface area contributed by atoms with E-state index in [1.165, 1.54) is 11.8 Å². The Kier molecular flexibility index (Phi) is 7.97. The second-order valence-corrected chi connectivity index (χ2v) is 8.24. The molecule has 0 fully saturated rings. The average Bonchev–Trinajstić information content (AvgIpc) is 3.31. The van der Waals surface area contributed by atoms with E-state index >= 15 is 0 Å². The standard InChI is InChI=1S/C25H21N5O4S/c1-17-14-21(30-34-17)16-35-24-22(8-5-13-26-24)25(32)33-15-23(31)27-18-9-11-20(12-10-18)29-28-19-6-3-2-4-7-19/h2-14H,15-16H2,1H3,(H,27,31). The Labute approximate surface area is 205 Å². The number of aryl methyl sites for hydroxylation is 1. The molecule has 35 heavy (non-hydrogen) atoms. The number of hydrogen-bond donors (Lipinski definition) is 1. The zero-order valence-electron chi connectivity index (χ0n) is 18.7. The van der Waals surface area contributed by atoms with E-state index in [2.05, 4.69) is 25.7 Å². The van der Waals surface area contributed by atoms with E-state index < -0.39 is 18.5 Å². The van der Waals surface area contributed by atoms with Crippen molar-refractivity contribution in [1.82, 2.24) is 10.1 Å². The van der Waals surface area contributed by atoms with Gasteiger partial charge in [-0.25, -0.2) is 9.78 Å². The summed E-state index contributed by atoms with van der Waals surface area (Å²) >= 11 is 1.33. The predicted molar refractivity (Wildman–Crippen MR) is 131 cm³/mol. The number of rotatable bonds is 9. The van der Waals surface area contributed by atoms with Crippen molar-refractivity contribution in [2.24, 2.45) is 10.2 Å². The number of hydrogen-bond acceptors (Lipinski definition) is 9. The largest absolute Gasteiger partial charge is 0.452 e. The fraction of sp³-hybridized carbons (Fsp3) is 0.120. The molecule has 4 rings (SSSR count). The lowest BCUT2D eigenvalue weighted by atomic mass is 10.3. The maximum atomic E-state index is 12.6. The van der Waals surface area contributed by atoms with Crippen molar-refractivity contribution in [1.29, 1.82) is 0 Å². The van der Waals surface area contributed by atoms with E-state index in [0.717, 1.165) is 11.4 Å². The SMILES string of the molecule is Cc1cc(CSc2ncccc2C(=O)OCC(=O)Nc2ccc(N=Nc3ccccc3)cc2)no1. The molecule has 2 heterocycles. The number of anilines is 1. The molecular formula is C25H21N5O4S. The summed E-state index contributed by atoms with van der Waals surface area (Å²) in [6, 6.07) is 21.3. The third-order valence-electron chi connectivity index (χ3n) is 4.55. The number of esters is 1. The summed E-state index contributed by atoms with van der Waals surface area (Å²) in [6.45, 7) is 1.37. The second kappa shape index (κ2) is 11.7. The van der Waals surface area contributed by atoms with Gasteiger partial charge in [0, 0.05) is 23.7 Å². The second-order valence-electron chi connectivity index (χ2n) is 7.28. The Balaban J connectivity index is 1.28. The van der Waals surface area contributed by atoms with Gasteiger partial charge in [0.05, 0.1) is 22.6 Å². The van der Waals surface area contributed by atoms with Crippen LogP contribution in [0.1, 0.15) is 21.8 Å². The molecular weight excluding hydrogens is 466 g/mol. The summed E-state index contributed by atoms with van der Waals surface area (Å²) in [5.41, 5.74) is 2.95. The number of benzene rings is 2. The van der Waals surface area contributed by atoms with Crippen molar-refractivity contribution in [3.63, 3.8) is 0 Å². The Morgan fingerprint density at radius 2 is 1.74 bits per heavy atom. The molecule has 0 atom stereocenters. The third kappa shape index (κ3) is 7.08. The Morgan fingerprint density at radius 1 is 1.00 bits per heavy atom. The minimum Gasteiger partial charge on any atom is -0.452 e. The maximum Gasteiger partial charge on any atom is 0.341 e. The zero-order chi connectivity index (χ0) is 24.5. The molecule has 0 bridgehead atoms. The minimum absolute atomic E-state index is 0.277. The van der Waals surface area contributed by atoms with Gasteiger partial charge in [-0.2, -0.15) is 10.2 Å². The van der Waals surface area contributed by atoms with Crippen LogP contribution < -0.4 is 5.32 Å². The predicted octanol–water partition coefficient (Wildman–Crippen LogP) is 5.88. The molecule has 1 amide bonds. The molecule has 0 saturated heterocycles. The quantitative estimate of drug-likeness (QED) is 0.178. The third-order valence-corrected chi connectivity index (χ3v) is 5.59. The van der Waals surface area contributed by atoms with Crippen LogP contribution in [0.2, 0.25) is 0 Å². The Hall–Kier alpha value is -4.31. The number of thioether (sulfide) groups is 1. The molecule has 0 aliphatic rings. The van der Waals surface area contributed by atoms with E-state index in [1.54, 1.807) is 49.5 Å². The molecule has 1 N–H and O–H groups in total. The van der Waals surface area contributed by atoms with Gasteiger partial charge in [0.2, 0.25) is 0 Å². The van der Waals surface area contributed by atoms with Gasteiger partial charge in [0.25, 0.3) is 5.91 Å². The van der Waals surface area contributed by atoms with E-state index in [-0.39, 0.29) is 5.56 Å². The summed E-state index contributed by atoms with van der Waals surface area (Å²) in [6.07, 6.45) is 1.59. The molecule has 0 radical (unpaired) electrons. The first kappa shape index (κ1) is 23.8. The van der Waals surface area contributed by atoms with Crippen LogP contribution in [-0.4, -0.2) is 28.6 Å². The molecule has 0 aliphatic heterocycles. The lowest BCUT2D eigenvalue weighted by Crippen LogP contribution is -2.21. The summed E-state index contributed by atoms with van der Waals surface area (Å²) in [5.74, 6) is 0.0890. The van der Waals surface area contributed by atoms with Crippen molar-refractivity contribution in [3.05, 3.63) is 96.0 Å². The number of aromatic nitrogens is 2. The highest BCUT2D eigenvalue weighted by atomic mass is 32.2. The van der Waals surface area contributed by atoms with Gasteiger partial charge in [-0.05, 0) is 55.5 Å². The summed E-state index contributed by atoms with van der Waals surface area (Å²) in [7, 11) is 0. The van der Waals surface area contributed by atoms with E-state index in [9.17, 15) is 9.59 Å². The van der Waals surface area contributed by atoms with Crippen LogP contribution >= 0.6 is 11.8 Å². The van der Waals surface area contributed by atoms with Crippen molar-refractivity contribution >= 4 is 40.7 Å². The molecule has 0 aliphatic carbocycles. The van der Waals surface area contributed by atoms with Crippen LogP contribution in [0.3, 0.4) is 0 Å². The van der Waals surface area contributed by atoms with Crippen LogP contribution in [0.25, 0.3) is 0 Å². The summed E-state index contributed by atoms with van der Waals surface area (Å²) in [4.78, 5) is 29.1. The average molecular weight is 488 g/mol. The van der Waals surface area contributed by atoms with Gasteiger partial charge in [-0.1, -0.05) is 35.1 Å². The highest BCUT2D eigenvalue weighted by molar-refractivity contribution is 7.98. The first-order valence-electron chi connectivity index (χ1n) is 10.6. The van der Waals surface area contributed by atoms with Crippen molar-refractivity contribution in [3.8, 4) is 0 Å². The topological polar surface area (TPSA) is 119 Å². The number of ether oxygens (including phenoxy) is 1. The number of azo groups is 1. The lowest BCUT2D eigenvalue weighted by molar-refractivity contribution is -0.119. The molecule has 10 heteroatoms. The van der Waals surface area contributed by atoms with Crippen LogP contribution in [0.15, 0.2) is 98.8 Å². The highest BCUT2D eigenvalue weighted by Crippen LogP contribution is 2.25. The van der Waals surface area contributed by atoms with Gasteiger partial charge < -0.3 is 14.6 Å². The number of carbonyl (C=O) groups excluding carboxylic acids is 2. The number of nitrogens with zero attached hydrogens (tertiary/aromatic N) is 4. The molecule has 2 aromatic carbocycles. The first-order valence-corrected chi connectivity index (χ1v) is 11.6. The van der Waals surface area contributed by atoms with Gasteiger partial charge >= 0.3 is 5.97 Å². The van der Waals surface area contributed by atoms with Crippen molar-refractivity contribution in [2.75, 3.05) is 11.9 Å². The number of nitrogens with one attached hydrogen (secondary N) is 1. The first-order chi connectivity index (χ1) is 17.1. The van der Waals surface area contributed by atoms with Gasteiger partial charge in [0.1, 0.15) is 10.8 Å². The van der Waals surface area contributed by atoms with Crippen LogP contribution in [0.5, 0.6) is 0 Å². The van der Waals surface area contributed by atoms with Crippen LogP contribution in [0, 0.1) is 6.92 Å². The van der Waals surface area contributed by atoms with Crippen molar-refractivity contribution < 1.29 is 18.8 Å². The molecule has 0 saturated carbocycles. The summed E-state index contributed by atoms with van der Waals surface area (Å²) in [5, 5.41) is 15.4. The van der Waals surface area contributed by atoms with Gasteiger partial charge in [0.15, 0.2) is 6.61 Å². The highest BCUT2D eigenvalue weighted by Gasteiger charge is 2.16. The van der Waals surface area contributed by atoms with E-state index in [1.807, 2.05) is 36.4 Å². The molecule has 2 aromatic heterocycles. The van der Waals surface area contributed by atoms with Crippen molar-refractivity contribution in [2.45, 2.75) is 17.7 Å². The molecule has 176 valence electrons. The maximum absolute atomic E-state index is 12.6. The monoisotopic (exact) mass is 487 g/mol. The fourth-order valence-corrected chi connectivity index (χ4v) is 3.78. The number of amides is 1. The number of pyridine rings is 1. The molecule has 4 aromatic rings. The van der Waals surface area contributed by atoms with Crippen LogP contribution in [0.4, 0.5) is 17.1 Å². The van der Waals surface area contributed by atoms with Gasteiger partial charge in [-0.15, -0.1) is 0 Å². The van der Waals surface area contributed by atoms with E-state index in [0.29, 0.717) is 27.9 Å². The normalized spacial score (nSPS) is 10.9. The molecule has 0 spiro atoms. The fourth-order valence-electron chi connectivity index (χ4n) is 2.92. The molecule has 0 unspecified atom stereocenters. The smallest absolute Gasteiger partial charge is 0.341 e. The Bertz CT molecular complexity index is 1320. The van der Waals surface area contributed by atoms with Crippen LogP contribution in [-0.2, 0) is 15.3 Å². The zero-order valence-corrected chi connectivity index (χ0v) is 19.6. The van der Waals surface area contributed by atoms with E-state index in [4.69, 9.17) is 9.26 Å².